The van der Waals surface area contributed by atoms with Gasteiger partial charge in [0.1, 0.15) is 5.82 Å². The van der Waals surface area contributed by atoms with Crippen LogP contribution in [0.3, 0.4) is 0 Å². The molecule has 0 saturated carbocycles. The van der Waals surface area contributed by atoms with Gasteiger partial charge in [0.2, 0.25) is 0 Å². The predicted octanol–water partition coefficient (Wildman–Crippen LogP) is 4.54. The number of carbonyl (C=O) groups is 1. The second-order valence-corrected chi connectivity index (χ2v) is 8.49. The Kier molecular flexibility index (Phi) is 5.22. The highest BCUT2D eigenvalue weighted by Gasteiger charge is 2.40. The Morgan fingerprint density at radius 2 is 1.97 bits per heavy atom. The first-order valence-corrected chi connectivity index (χ1v) is 10.8. The number of amides is 2. The van der Waals surface area contributed by atoms with Gasteiger partial charge in [-0.1, -0.05) is 18.2 Å². The number of pyridine rings is 1. The molecule has 5 rings (SSSR count). The molecule has 2 aliphatic rings. The minimum atomic E-state index is -2.85. The molecule has 3 aromatic rings. The number of nitrogens with one attached hydrogen (secondary N) is 1. The van der Waals surface area contributed by atoms with Crippen molar-refractivity contribution in [3.8, 4) is 11.1 Å². The van der Waals surface area contributed by atoms with Gasteiger partial charge in [0.25, 0.3) is 5.92 Å². The van der Waals surface area contributed by atoms with Crippen LogP contribution in [0.25, 0.3) is 11.1 Å². The van der Waals surface area contributed by atoms with Crippen molar-refractivity contribution in [2.45, 2.75) is 31.9 Å². The van der Waals surface area contributed by atoms with Gasteiger partial charge in [-0.25, -0.2) is 22.9 Å². The first-order chi connectivity index (χ1) is 15.8. The van der Waals surface area contributed by atoms with E-state index in [9.17, 15) is 18.0 Å². The molecule has 172 valence electrons. The van der Waals surface area contributed by atoms with Crippen LogP contribution in [0.2, 0.25) is 0 Å². The van der Waals surface area contributed by atoms with E-state index >= 15 is 0 Å². The van der Waals surface area contributed by atoms with E-state index in [2.05, 4.69) is 15.4 Å². The molecule has 1 atom stereocenters. The van der Waals surface area contributed by atoms with Gasteiger partial charge >= 0.3 is 6.03 Å². The summed E-state index contributed by atoms with van der Waals surface area (Å²) in [6.45, 7) is 2.31. The predicted molar refractivity (Wildman–Crippen MR) is 118 cm³/mol. The van der Waals surface area contributed by atoms with E-state index in [-0.39, 0.29) is 36.1 Å². The zero-order valence-corrected chi connectivity index (χ0v) is 18.0. The van der Waals surface area contributed by atoms with E-state index in [1.807, 2.05) is 17.7 Å². The Morgan fingerprint density at radius 1 is 1.15 bits per heavy atom. The van der Waals surface area contributed by atoms with Crippen molar-refractivity contribution in [2.75, 3.05) is 29.9 Å². The van der Waals surface area contributed by atoms with E-state index in [0.29, 0.717) is 18.7 Å². The van der Waals surface area contributed by atoms with Crippen LogP contribution in [0, 0.1) is 5.82 Å². The van der Waals surface area contributed by atoms with E-state index in [0.717, 1.165) is 5.69 Å². The number of anilines is 2. The summed E-state index contributed by atoms with van der Waals surface area (Å²) in [5.41, 5.74) is 1.75. The number of benzene rings is 1. The van der Waals surface area contributed by atoms with E-state index in [1.165, 1.54) is 17.2 Å². The van der Waals surface area contributed by atoms with Crippen molar-refractivity contribution in [1.29, 1.82) is 0 Å². The molecule has 2 aromatic heterocycles. The third-order valence-electron chi connectivity index (χ3n) is 6.09. The summed E-state index contributed by atoms with van der Waals surface area (Å²) in [5, 5.41) is 7.15. The maximum atomic E-state index is 14.7. The first kappa shape index (κ1) is 21.3. The van der Waals surface area contributed by atoms with Crippen LogP contribution in [0.5, 0.6) is 0 Å². The molecule has 10 heteroatoms. The number of fused-ring (bicyclic) bond motifs is 1. The van der Waals surface area contributed by atoms with Crippen molar-refractivity contribution in [1.82, 2.24) is 19.7 Å². The number of halogens is 3. The smallest absolute Gasteiger partial charge is 0.322 e. The molecular formula is C23H23F3N6O. The molecule has 0 spiro atoms. The largest absolute Gasteiger partial charge is 0.349 e. The van der Waals surface area contributed by atoms with Crippen LogP contribution < -0.4 is 10.2 Å². The van der Waals surface area contributed by atoms with E-state index in [1.54, 1.807) is 35.4 Å². The average molecular weight is 456 g/mol. The summed E-state index contributed by atoms with van der Waals surface area (Å²) < 4.78 is 44.5. The fraction of sp³-hybridized carbons (Fsp3) is 0.348. The summed E-state index contributed by atoms with van der Waals surface area (Å²) in [5.74, 6) is -3.12. The summed E-state index contributed by atoms with van der Waals surface area (Å²) in [6.07, 6.45) is 2.83. The lowest BCUT2D eigenvalue weighted by Gasteiger charge is -2.33. The first-order valence-electron chi connectivity index (χ1n) is 10.8. The fourth-order valence-electron chi connectivity index (χ4n) is 4.50. The van der Waals surface area contributed by atoms with Gasteiger partial charge in [0.05, 0.1) is 30.5 Å². The Labute approximate surface area is 188 Å². The van der Waals surface area contributed by atoms with Crippen LogP contribution in [-0.4, -0.2) is 51.3 Å². The number of urea groups is 1. The number of carbonyl (C=O) groups excluding carboxylic acids is 1. The number of nitrogens with zero attached hydrogens (tertiary/aromatic N) is 5. The number of alkyl halides is 2. The highest BCUT2D eigenvalue weighted by Crippen LogP contribution is 2.39. The lowest BCUT2D eigenvalue weighted by molar-refractivity contribution is 0.0257. The van der Waals surface area contributed by atoms with Gasteiger partial charge in [-0.05, 0) is 25.1 Å². The van der Waals surface area contributed by atoms with Gasteiger partial charge in [0.15, 0.2) is 5.82 Å². The van der Waals surface area contributed by atoms with Crippen LogP contribution in [0.1, 0.15) is 25.1 Å². The fourth-order valence-corrected chi connectivity index (χ4v) is 4.50. The van der Waals surface area contributed by atoms with E-state index < -0.39 is 24.3 Å². The Balaban J connectivity index is 1.52. The summed E-state index contributed by atoms with van der Waals surface area (Å²) in [4.78, 5) is 20.7. The quantitative estimate of drug-likeness (QED) is 0.629. The van der Waals surface area contributed by atoms with Gasteiger partial charge in [-0.3, -0.25) is 4.68 Å². The van der Waals surface area contributed by atoms with E-state index in [4.69, 9.17) is 0 Å². The van der Waals surface area contributed by atoms with Crippen molar-refractivity contribution >= 4 is 17.5 Å². The average Bonchev–Trinajstić information content (AvgIpc) is 3.40. The zero-order chi connectivity index (χ0) is 23.2. The highest BCUT2D eigenvalue weighted by atomic mass is 19.3. The molecule has 7 nitrogen and oxygen atoms in total. The topological polar surface area (TPSA) is 66.3 Å². The van der Waals surface area contributed by atoms with Crippen molar-refractivity contribution in [3.63, 3.8) is 0 Å². The maximum absolute atomic E-state index is 14.7. The molecule has 1 fully saturated rings. The molecule has 0 bridgehead atoms. The summed E-state index contributed by atoms with van der Waals surface area (Å²) in [7, 11) is 0. The van der Waals surface area contributed by atoms with Crippen LogP contribution in [0.4, 0.5) is 29.5 Å². The molecule has 0 aliphatic carbocycles. The van der Waals surface area contributed by atoms with Crippen LogP contribution in [-0.2, 0) is 6.54 Å². The molecule has 1 saturated heterocycles. The second kappa shape index (κ2) is 8.09. The van der Waals surface area contributed by atoms with Crippen LogP contribution >= 0.6 is 0 Å². The zero-order valence-electron chi connectivity index (χ0n) is 18.0. The standard InChI is InChI=1S/C23H23F3N6O/c1-15-12-31(13-16-6-10-28-32(15)16)22(33)29-20-18(17-4-2-3-5-19(17)24)7-9-27-21(20)30-11-8-23(25,26)14-30/h2-7,9-10,15H,8,11-14H2,1H3,(H,29,33). The maximum Gasteiger partial charge on any atom is 0.322 e. The molecular weight excluding hydrogens is 433 g/mol. The Bertz CT molecular complexity index is 1200. The Hall–Kier alpha value is -3.56. The molecule has 33 heavy (non-hydrogen) atoms. The van der Waals surface area contributed by atoms with Crippen molar-refractivity contribution < 1.29 is 18.0 Å². The molecule has 0 radical (unpaired) electrons. The lowest BCUT2D eigenvalue weighted by Crippen LogP contribution is -2.42. The number of hydrogen-bond donors (Lipinski definition) is 1. The lowest BCUT2D eigenvalue weighted by atomic mass is 10.0. The van der Waals surface area contributed by atoms with Gasteiger partial charge in [-0.15, -0.1) is 0 Å². The minimum absolute atomic E-state index is 0.0221. The molecule has 2 amide bonds. The Morgan fingerprint density at radius 3 is 2.73 bits per heavy atom. The van der Waals surface area contributed by atoms with Crippen molar-refractivity contribution in [3.05, 3.63) is 60.3 Å². The number of hydrogen-bond acceptors (Lipinski definition) is 4. The normalized spacial score (nSPS) is 19.5. The molecule has 1 N–H and O–H groups in total. The highest BCUT2D eigenvalue weighted by molar-refractivity contribution is 5.99. The molecule has 1 unspecified atom stereocenters. The minimum Gasteiger partial charge on any atom is -0.349 e. The third kappa shape index (κ3) is 4.01. The molecule has 1 aromatic carbocycles. The number of rotatable bonds is 3. The number of aromatic nitrogens is 3. The SMILES string of the molecule is CC1CN(C(=O)Nc2c(-c3ccccc3F)ccnc2N2CCC(F)(F)C2)Cc2ccnn21. The van der Waals surface area contributed by atoms with Gasteiger partial charge < -0.3 is 15.1 Å². The van der Waals surface area contributed by atoms with Crippen molar-refractivity contribution in [2.24, 2.45) is 0 Å². The second-order valence-electron chi connectivity index (χ2n) is 8.49. The monoisotopic (exact) mass is 456 g/mol. The summed E-state index contributed by atoms with van der Waals surface area (Å²) in [6, 6.07) is 9.16. The van der Waals surface area contributed by atoms with Crippen LogP contribution in [0.15, 0.2) is 48.8 Å². The third-order valence-corrected chi connectivity index (χ3v) is 6.09. The molecule has 4 heterocycles. The van der Waals surface area contributed by atoms with Gasteiger partial charge in [-0.2, -0.15) is 5.10 Å². The van der Waals surface area contributed by atoms with Gasteiger partial charge in [0, 0.05) is 43.0 Å². The summed E-state index contributed by atoms with van der Waals surface area (Å²) >= 11 is 0. The molecule has 2 aliphatic heterocycles.